The normalized spacial score (nSPS) is 18.3. The molecule has 0 spiro atoms. The van der Waals surface area contributed by atoms with Crippen LogP contribution in [0.4, 0.5) is 15.8 Å². The Morgan fingerprint density at radius 3 is 2.71 bits per heavy atom. The molecule has 17 heavy (non-hydrogen) atoms. The molecule has 1 saturated carbocycles. The molecular weight excluding hydrogens is 239 g/mol. The van der Waals surface area contributed by atoms with E-state index in [2.05, 4.69) is 12.2 Å². The van der Waals surface area contributed by atoms with Crippen LogP contribution in [0.1, 0.15) is 32.6 Å². The molecule has 1 aromatic rings. The average Bonchev–Trinajstić information content (AvgIpc) is 2.79. The molecule has 0 radical (unpaired) electrons. The van der Waals surface area contributed by atoms with Gasteiger partial charge in [-0.2, -0.15) is 0 Å². The van der Waals surface area contributed by atoms with E-state index in [0.29, 0.717) is 23.3 Å². The number of nitrogens with two attached hydrogens (primary N) is 1. The van der Waals surface area contributed by atoms with E-state index < -0.39 is 5.82 Å². The lowest BCUT2D eigenvalue weighted by atomic mass is 9.99. The van der Waals surface area contributed by atoms with Gasteiger partial charge < -0.3 is 11.1 Å². The van der Waals surface area contributed by atoms with Gasteiger partial charge in [-0.25, -0.2) is 4.39 Å². The van der Waals surface area contributed by atoms with Gasteiger partial charge in [-0.3, -0.25) is 0 Å². The molecule has 0 aromatic heterocycles. The van der Waals surface area contributed by atoms with Crippen molar-refractivity contribution in [1.29, 1.82) is 0 Å². The monoisotopic (exact) mass is 256 g/mol. The molecule has 1 fully saturated rings. The van der Waals surface area contributed by atoms with Crippen molar-refractivity contribution in [2.45, 2.75) is 38.6 Å². The zero-order valence-electron chi connectivity index (χ0n) is 9.97. The first-order valence-electron chi connectivity index (χ1n) is 6.09. The van der Waals surface area contributed by atoms with Crippen LogP contribution in [0.2, 0.25) is 5.02 Å². The minimum Gasteiger partial charge on any atom is -0.397 e. The number of hydrogen-bond donors (Lipinski definition) is 2. The third-order valence-corrected chi connectivity index (χ3v) is 3.87. The number of anilines is 2. The molecule has 1 aromatic carbocycles. The number of halogens is 2. The molecule has 0 aliphatic heterocycles. The molecule has 2 rings (SSSR count). The molecule has 2 nitrogen and oxygen atoms in total. The van der Waals surface area contributed by atoms with E-state index in [1.807, 2.05) is 0 Å². The summed E-state index contributed by atoms with van der Waals surface area (Å²) in [4.78, 5) is 0. The fraction of sp³-hybridized carbons (Fsp3) is 0.538. The topological polar surface area (TPSA) is 38.0 Å². The van der Waals surface area contributed by atoms with Crippen molar-refractivity contribution in [3.05, 3.63) is 23.0 Å². The first kappa shape index (κ1) is 12.5. The van der Waals surface area contributed by atoms with Gasteiger partial charge in [-0.15, -0.1) is 0 Å². The zero-order chi connectivity index (χ0) is 12.4. The Labute approximate surface area is 106 Å². The molecular formula is C13H18ClFN2. The first-order valence-corrected chi connectivity index (χ1v) is 6.47. The Kier molecular flexibility index (Phi) is 3.77. The maximum Gasteiger partial charge on any atom is 0.143 e. The van der Waals surface area contributed by atoms with Crippen LogP contribution in [0, 0.1) is 11.7 Å². The van der Waals surface area contributed by atoms with E-state index >= 15 is 0 Å². The van der Waals surface area contributed by atoms with Crippen LogP contribution >= 0.6 is 11.6 Å². The van der Waals surface area contributed by atoms with Crippen LogP contribution in [-0.2, 0) is 0 Å². The Morgan fingerprint density at radius 2 is 2.06 bits per heavy atom. The number of nitrogens with one attached hydrogen (secondary N) is 1. The highest BCUT2D eigenvalue weighted by Gasteiger charge is 2.22. The molecule has 0 heterocycles. The lowest BCUT2D eigenvalue weighted by molar-refractivity contribution is 0.482. The van der Waals surface area contributed by atoms with Gasteiger partial charge in [0, 0.05) is 12.1 Å². The number of benzene rings is 1. The van der Waals surface area contributed by atoms with Crippen molar-refractivity contribution < 1.29 is 4.39 Å². The van der Waals surface area contributed by atoms with Gasteiger partial charge in [0.2, 0.25) is 0 Å². The highest BCUT2D eigenvalue weighted by atomic mass is 35.5. The Morgan fingerprint density at radius 1 is 1.41 bits per heavy atom. The molecule has 0 saturated heterocycles. The Hall–Kier alpha value is -0.960. The van der Waals surface area contributed by atoms with Crippen molar-refractivity contribution in [3.63, 3.8) is 0 Å². The van der Waals surface area contributed by atoms with Crippen LogP contribution in [0.3, 0.4) is 0 Å². The Balaban J connectivity index is 2.09. The summed E-state index contributed by atoms with van der Waals surface area (Å²) < 4.78 is 13.4. The van der Waals surface area contributed by atoms with E-state index in [1.165, 1.54) is 37.8 Å². The SMILES string of the molecule is CC(Nc1cc(F)c(Cl)cc1N)C1CCCC1. The summed E-state index contributed by atoms with van der Waals surface area (Å²) in [6.07, 6.45) is 5.07. The highest BCUT2D eigenvalue weighted by Crippen LogP contribution is 2.32. The summed E-state index contributed by atoms with van der Waals surface area (Å²) >= 11 is 5.67. The molecule has 1 unspecified atom stereocenters. The molecule has 94 valence electrons. The Bertz CT molecular complexity index is 403. The minimum atomic E-state index is -0.429. The number of nitrogen functional groups attached to an aromatic ring is 1. The van der Waals surface area contributed by atoms with Crippen LogP contribution in [-0.4, -0.2) is 6.04 Å². The largest absolute Gasteiger partial charge is 0.397 e. The second kappa shape index (κ2) is 5.13. The zero-order valence-corrected chi connectivity index (χ0v) is 10.7. The summed E-state index contributed by atoms with van der Waals surface area (Å²) in [6.45, 7) is 2.13. The quantitative estimate of drug-likeness (QED) is 0.801. The van der Waals surface area contributed by atoms with Crippen LogP contribution in [0.5, 0.6) is 0 Å². The van der Waals surface area contributed by atoms with Gasteiger partial charge in [-0.05, 0) is 31.7 Å². The van der Waals surface area contributed by atoms with Gasteiger partial charge in [0.15, 0.2) is 0 Å². The first-order chi connectivity index (χ1) is 8.08. The van der Waals surface area contributed by atoms with Gasteiger partial charge >= 0.3 is 0 Å². The van der Waals surface area contributed by atoms with Crippen molar-refractivity contribution in [1.82, 2.24) is 0 Å². The summed E-state index contributed by atoms with van der Waals surface area (Å²) in [7, 11) is 0. The molecule has 0 amide bonds. The maximum atomic E-state index is 13.4. The van der Waals surface area contributed by atoms with Crippen LogP contribution in [0.25, 0.3) is 0 Å². The smallest absolute Gasteiger partial charge is 0.143 e. The predicted molar refractivity (Wildman–Crippen MR) is 70.9 cm³/mol. The van der Waals surface area contributed by atoms with Crippen molar-refractivity contribution >= 4 is 23.0 Å². The highest BCUT2D eigenvalue weighted by molar-refractivity contribution is 6.31. The second-order valence-electron chi connectivity index (χ2n) is 4.83. The number of rotatable bonds is 3. The second-order valence-corrected chi connectivity index (χ2v) is 5.24. The van der Waals surface area contributed by atoms with Crippen molar-refractivity contribution in [2.24, 2.45) is 5.92 Å². The third kappa shape index (κ3) is 2.83. The van der Waals surface area contributed by atoms with E-state index in [0.717, 1.165) is 0 Å². The standard InChI is InChI=1S/C13H18ClFN2/c1-8(9-4-2-3-5-9)17-13-7-11(15)10(14)6-12(13)16/h6-9,17H,2-5,16H2,1H3. The summed E-state index contributed by atoms with van der Waals surface area (Å²) in [5.74, 6) is 0.232. The lowest BCUT2D eigenvalue weighted by Crippen LogP contribution is -2.24. The van der Waals surface area contributed by atoms with Gasteiger partial charge in [-0.1, -0.05) is 24.4 Å². The van der Waals surface area contributed by atoms with Gasteiger partial charge in [0.25, 0.3) is 0 Å². The van der Waals surface area contributed by atoms with E-state index in [9.17, 15) is 4.39 Å². The van der Waals surface area contributed by atoms with Gasteiger partial charge in [0.1, 0.15) is 5.82 Å². The summed E-state index contributed by atoms with van der Waals surface area (Å²) in [6, 6.07) is 3.16. The molecule has 1 aliphatic carbocycles. The fourth-order valence-corrected chi connectivity index (χ4v) is 2.68. The van der Waals surface area contributed by atoms with E-state index in [4.69, 9.17) is 17.3 Å². The van der Waals surface area contributed by atoms with E-state index in [-0.39, 0.29) is 5.02 Å². The van der Waals surface area contributed by atoms with Crippen LogP contribution in [0.15, 0.2) is 12.1 Å². The van der Waals surface area contributed by atoms with Crippen molar-refractivity contribution in [3.8, 4) is 0 Å². The number of hydrogen-bond acceptors (Lipinski definition) is 2. The lowest BCUT2D eigenvalue weighted by Gasteiger charge is -2.22. The fourth-order valence-electron chi connectivity index (χ4n) is 2.51. The molecule has 3 N–H and O–H groups in total. The predicted octanol–water partition coefficient (Wildman–Crippen LogP) is 4.05. The molecule has 4 heteroatoms. The third-order valence-electron chi connectivity index (χ3n) is 3.58. The average molecular weight is 257 g/mol. The maximum absolute atomic E-state index is 13.4. The summed E-state index contributed by atoms with van der Waals surface area (Å²) in [5, 5.41) is 3.37. The summed E-state index contributed by atoms with van der Waals surface area (Å²) in [5.41, 5.74) is 6.97. The van der Waals surface area contributed by atoms with Crippen molar-refractivity contribution in [2.75, 3.05) is 11.1 Å². The molecule has 0 bridgehead atoms. The molecule has 1 atom stereocenters. The van der Waals surface area contributed by atoms with E-state index in [1.54, 1.807) is 0 Å². The van der Waals surface area contributed by atoms with Gasteiger partial charge in [0.05, 0.1) is 16.4 Å². The molecule has 1 aliphatic rings. The van der Waals surface area contributed by atoms with Crippen LogP contribution < -0.4 is 11.1 Å². The minimum absolute atomic E-state index is 0.0709.